The van der Waals surface area contributed by atoms with Crippen LogP contribution in [0.3, 0.4) is 0 Å². The zero-order chi connectivity index (χ0) is 23.2. The Morgan fingerprint density at radius 2 is 1.61 bits per heavy atom. The van der Waals surface area contributed by atoms with Crippen LogP contribution in [0.15, 0.2) is 70.1 Å². The van der Waals surface area contributed by atoms with Gasteiger partial charge in [0, 0.05) is 41.5 Å². The van der Waals surface area contributed by atoms with Crippen LogP contribution in [0.25, 0.3) is 0 Å². The molecule has 4 rings (SSSR count). The number of aromatic hydroxyl groups is 1. The number of carbonyl (C=O) groups excluding carboxylic acids is 1. The first kappa shape index (κ1) is 21.8. The van der Waals surface area contributed by atoms with Crippen LogP contribution in [0.5, 0.6) is 5.75 Å². The lowest BCUT2D eigenvalue weighted by Gasteiger charge is -2.35. The van der Waals surface area contributed by atoms with Crippen molar-refractivity contribution < 1.29 is 19.4 Å². The van der Waals surface area contributed by atoms with Crippen LogP contribution >= 0.6 is 0 Å². The molecule has 0 spiro atoms. The van der Waals surface area contributed by atoms with Crippen LogP contribution in [0.4, 0.5) is 5.69 Å². The first-order valence-corrected chi connectivity index (χ1v) is 10.2. The summed E-state index contributed by atoms with van der Waals surface area (Å²) >= 11 is 0. The van der Waals surface area contributed by atoms with Crippen molar-refractivity contribution in [3.8, 4) is 29.4 Å². The summed E-state index contributed by atoms with van der Waals surface area (Å²) in [4.78, 5) is 25.2. The highest BCUT2D eigenvalue weighted by Gasteiger charge is 2.29. The molecule has 2 aromatic carbocycles. The summed E-state index contributed by atoms with van der Waals surface area (Å²) in [5.41, 5.74) is 2.39. The Morgan fingerprint density at radius 1 is 1.00 bits per heavy atom. The summed E-state index contributed by atoms with van der Waals surface area (Å²) in [5, 5.41) is 22.1. The van der Waals surface area contributed by atoms with Gasteiger partial charge in [0.2, 0.25) is 11.2 Å². The summed E-state index contributed by atoms with van der Waals surface area (Å²) < 4.78 is 5.15. The fraction of sp³-hybridized carbons (Fsp3) is 0.154. The molecule has 3 aromatic rings. The second-order valence-electron chi connectivity index (χ2n) is 7.43. The SMILES string of the molecule is O=C(c1ccc(C#CC#Cc2ccc(NCc3occc(=O)c3O)cc2)cc1)N1CC(O)C1. The average Bonchev–Trinajstić information content (AvgIpc) is 2.81. The topological polar surface area (TPSA) is 103 Å². The first-order chi connectivity index (χ1) is 16.0. The van der Waals surface area contributed by atoms with E-state index in [1.807, 2.05) is 24.3 Å². The van der Waals surface area contributed by atoms with E-state index in [1.54, 1.807) is 29.2 Å². The summed E-state index contributed by atoms with van der Waals surface area (Å²) in [6.45, 7) is 0.923. The largest absolute Gasteiger partial charge is 0.502 e. The van der Waals surface area contributed by atoms with Crippen molar-refractivity contribution in [1.82, 2.24) is 4.90 Å². The van der Waals surface area contributed by atoms with Crippen molar-refractivity contribution in [2.75, 3.05) is 18.4 Å². The molecule has 164 valence electrons. The van der Waals surface area contributed by atoms with Gasteiger partial charge < -0.3 is 24.8 Å². The maximum atomic E-state index is 12.2. The van der Waals surface area contributed by atoms with Crippen LogP contribution in [0, 0.1) is 23.7 Å². The molecule has 0 radical (unpaired) electrons. The number of hydrogen-bond acceptors (Lipinski definition) is 6. The Morgan fingerprint density at radius 3 is 2.21 bits per heavy atom. The smallest absolute Gasteiger partial charge is 0.254 e. The minimum Gasteiger partial charge on any atom is -0.502 e. The molecule has 3 N–H and O–H groups in total. The fourth-order valence-corrected chi connectivity index (χ4v) is 3.14. The molecular weight excluding hydrogens is 420 g/mol. The van der Waals surface area contributed by atoms with Crippen LogP contribution in [-0.4, -0.2) is 40.2 Å². The normalized spacial score (nSPS) is 12.6. The highest BCUT2D eigenvalue weighted by atomic mass is 16.4. The number of benzene rings is 2. The molecule has 0 saturated carbocycles. The van der Waals surface area contributed by atoms with Gasteiger partial charge in [-0.3, -0.25) is 9.59 Å². The van der Waals surface area contributed by atoms with Gasteiger partial charge in [0.05, 0.1) is 18.9 Å². The molecule has 1 aliphatic rings. The van der Waals surface area contributed by atoms with Crippen LogP contribution in [0.2, 0.25) is 0 Å². The number of hydrogen-bond donors (Lipinski definition) is 3. The standard InChI is InChI=1S/C26H20N2O5/c29-22-16-28(17-22)26(32)20-9-5-18(6-10-20)3-1-2-4-19-7-11-21(12-8-19)27-15-24-25(31)23(30)13-14-33-24/h5-14,22,27,29,31H,15-17H2. The number of aliphatic hydroxyl groups excluding tert-OH is 1. The third kappa shape index (κ3) is 5.43. The van der Waals surface area contributed by atoms with E-state index < -0.39 is 17.3 Å². The number of nitrogens with zero attached hydrogens (tertiary/aromatic N) is 1. The predicted octanol–water partition coefficient (Wildman–Crippen LogP) is 2.18. The molecule has 33 heavy (non-hydrogen) atoms. The quantitative estimate of drug-likeness (QED) is 0.538. The van der Waals surface area contributed by atoms with Crippen molar-refractivity contribution in [3.05, 3.63) is 93.5 Å². The zero-order valence-corrected chi connectivity index (χ0v) is 17.5. The van der Waals surface area contributed by atoms with Crippen molar-refractivity contribution >= 4 is 11.6 Å². The van der Waals surface area contributed by atoms with Crippen LogP contribution < -0.4 is 10.7 Å². The highest BCUT2D eigenvalue weighted by molar-refractivity contribution is 5.94. The van der Waals surface area contributed by atoms with Gasteiger partial charge in [-0.05, 0) is 60.4 Å². The Kier molecular flexibility index (Phi) is 6.45. The number of likely N-dealkylation sites (tertiary alicyclic amines) is 1. The molecule has 7 nitrogen and oxygen atoms in total. The lowest BCUT2D eigenvalue weighted by molar-refractivity contribution is 0.00589. The van der Waals surface area contributed by atoms with Gasteiger partial charge in [-0.25, -0.2) is 0 Å². The Hall–Kier alpha value is -4.46. The van der Waals surface area contributed by atoms with Gasteiger partial charge in [-0.2, -0.15) is 0 Å². The minimum atomic E-state index is -0.485. The van der Waals surface area contributed by atoms with Crippen molar-refractivity contribution in [3.63, 3.8) is 0 Å². The van der Waals surface area contributed by atoms with Gasteiger partial charge in [-0.15, -0.1) is 0 Å². The maximum absolute atomic E-state index is 12.2. The van der Waals surface area contributed by atoms with Gasteiger partial charge in [0.15, 0.2) is 5.76 Å². The molecule has 1 aliphatic heterocycles. The van der Waals surface area contributed by atoms with E-state index in [9.17, 15) is 19.8 Å². The fourth-order valence-electron chi connectivity index (χ4n) is 3.14. The first-order valence-electron chi connectivity index (χ1n) is 10.2. The Bertz CT molecular complexity index is 1330. The number of rotatable bonds is 4. The molecule has 1 saturated heterocycles. The molecule has 0 aliphatic carbocycles. The van der Waals surface area contributed by atoms with E-state index in [2.05, 4.69) is 29.0 Å². The van der Waals surface area contributed by atoms with E-state index >= 15 is 0 Å². The molecule has 1 aromatic heterocycles. The molecule has 0 bridgehead atoms. The van der Waals surface area contributed by atoms with Gasteiger partial charge in [0.1, 0.15) is 0 Å². The van der Waals surface area contributed by atoms with E-state index in [0.29, 0.717) is 18.7 Å². The molecule has 0 unspecified atom stereocenters. The number of β-amino-alcohol motifs (C(OH)–C–C–N with tert-alkyl or cyclic N) is 1. The minimum absolute atomic E-state index is 0.0948. The molecule has 2 heterocycles. The van der Waals surface area contributed by atoms with Crippen molar-refractivity contribution in [2.24, 2.45) is 0 Å². The third-order valence-corrected chi connectivity index (χ3v) is 5.02. The van der Waals surface area contributed by atoms with Crippen molar-refractivity contribution in [1.29, 1.82) is 0 Å². The van der Waals surface area contributed by atoms with E-state index in [1.165, 1.54) is 6.26 Å². The molecule has 1 fully saturated rings. The summed E-state index contributed by atoms with van der Waals surface area (Å²) in [6, 6.07) is 15.4. The molecular formula is C26H20N2O5. The number of amides is 1. The Balaban J connectivity index is 1.31. The van der Waals surface area contributed by atoms with Gasteiger partial charge in [0.25, 0.3) is 5.91 Å². The Labute approximate surface area is 190 Å². The second-order valence-corrected chi connectivity index (χ2v) is 7.43. The average molecular weight is 440 g/mol. The summed E-state index contributed by atoms with van der Waals surface area (Å²) in [5.74, 6) is 11.2. The monoisotopic (exact) mass is 440 g/mol. The summed E-state index contributed by atoms with van der Waals surface area (Å²) in [7, 11) is 0. The van der Waals surface area contributed by atoms with E-state index in [-0.39, 0.29) is 18.2 Å². The predicted molar refractivity (Wildman–Crippen MR) is 123 cm³/mol. The summed E-state index contributed by atoms with van der Waals surface area (Å²) in [6.07, 6.45) is 0.824. The number of anilines is 1. The lowest BCUT2D eigenvalue weighted by Crippen LogP contribution is -2.53. The van der Waals surface area contributed by atoms with Gasteiger partial charge in [-0.1, -0.05) is 11.8 Å². The van der Waals surface area contributed by atoms with Crippen LogP contribution in [0.1, 0.15) is 27.2 Å². The third-order valence-electron chi connectivity index (χ3n) is 5.02. The number of nitrogens with one attached hydrogen (secondary N) is 1. The van der Waals surface area contributed by atoms with Crippen molar-refractivity contribution in [2.45, 2.75) is 12.6 Å². The van der Waals surface area contributed by atoms with Crippen LogP contribution in [-0.2, 0) is 6.54 Å². The van der Waals surface area contributed by atoms with E-state index in [4.69, 9.17) is 4.42 Å². The second kappa shape index (κ2) is 9.78. The molecule has 7 heteroatoms. The number of carbonyl (C=O) groups is 1. The maximum Gasteiger partial charge on any atom is 0.254 e. The highest BCUT2D eigenvalue weighted by Crippen LogP contribution is 2.15. The van der Waals surface area contributed by atoms with E-state index in [0.717, 1.165) is 22.9 Å². The molecule has 1 amide bonds. The van der Waals surface area contributed by atoms with Gasteiger partial charge >= 0.3 is 0 Å². The lowest BCUT2D eigenvalue weighted by atomic mass is 10.1. The molecule has 0 atom stereocenters. The number of aliphatic hydroxyl groups is 1. The zero-order valence-electron chi connectivity index (χ0n) is 17.5.